The minimum absolute atomic E-state index is 0.435. The van der Waals surface area contributed by atoms with Crippen LogP contribution in [-0.2, 0) is 0 Å². The Hall–Kier alpha value is 0.310. The predicted octanol–water partition coefficient (Wildman–Crippen LogP) is 7.06. The van der Waals surface area contributed by atoms with Gasteiger partial charge in [0.15, 0.2) is 0 Å². The van der Waals surface area contributed by atoms with Crippen LogP contribution in [0.25, 0.3) is 0 Å². The van der Waals surface area contributed by atoms with Gasteiger partial charge < -0.3 is 0 Å². The number of unbranched alkanes of at least 4 members (excludes halogenated alkanes) is 1. The summed E-state index contributed by atoms with van der Waals surface area (Å²) in [7, 11) is 0. The van der Waals surface area contributed by atoms with Crippen LogP contribution < -0.4 is 0 Å². The maximum Gasteiger partial charge on any atom is 0.0101 e. The molecule has 0 aromatic heterocycles. The summed E-state index contributed by atoms with van der Waals surface area (Å²) >= 11 is 4.41. The van der Waals surface area contributed by atoms with Crippen LogP contribution in [0.3, 0.4) is 0 Å². The monoisotopic (exact) mass is 357 g/mol. The summed E-state index contributed by atoms with van der Waals surface area (Å²) in [5, 5.41) is 0. The van der Waals surface area contributed by atoms with Crippen molar-refractivity contribution in [3.05, 3.63) is 0 Å². The van der Waals surface area contributed by atoms with Crippen molar-refractivity contribution in [1.29, 1.82) is 0 Å². The standard InChI is InChI=1S/C22H47NS/c1-9-20(10-2)17-21(13-14-22(6,7)8)23(15-11-12-16-24)19(5)18(3)4/h18-21,24H,9-17H2,1-8H3. The van der Waals surface area contributed by atoms with Gasteiger partial charge in [0.2, 0.25) is 0 Å². The highest BCUT2D eigenvalue weighted by Crippen LogP contribution is 2.30. The second-order valence-corrected chi connectivity index (χ2v) is 9.77. The van der Waals surface area contributed by atoms with Crippen molar-refractivity contribution in [2.24, 2.45) is 17.3 Å². The summed E-state index contributed by atoms with van der Waals surface area (Å²) in [5.74, 6) is 2.62. The minimum atomic E-state index is 0.435. The Bertz CT molecular complexity index is 291. The highest BCUT2D eigenvalue weighted by atomic mass is 32.1. The van der Waals surface area contributed by atoms with Crippen LogP contribution >= 0.6 is 12.6 Å². The Labute approximate surface area is 159 Å². The van der Waals surface area contributed by atoms with E-state index in [2.05, 4.69) is 72.9 Å². The Balaban J connectivity index is 5.18. The van der Waals surface area contributed by atoms with E-state index >= 15 is 0 Å². The summed E-state index contributed by atoms with van der Waals surface area (Å²) in [6, 6.07) is 1.41. The molecule has 0 fully saturated rings. The molecule has 2 atom stereocenters. The average molecular weight is 358 g/mol. The van der Waals surface area contributed by atoms with E-state index in [9.17, 15) is 0 Å². The first-order valence-corrected chi connectivity index (χ1v) is 11.2. The third kappa shape index (κ3) is 10.3. The van der Waals surface area contributed by atoms with Crippen LogP contribution in [0.4, 0.5) is 0 Å². The van der Waals surface area contributed by atoms with Crippen molar-refractivity contribution in [1.82, 2.24) is 4.90 Å². The van der Waals surface area contributed by atoms with Crippen molar-refractivity contribution >= 4 is 12.6 Å². The molecule has 0 aliphatic heterocycles. The van der Waals surface area contributed by atoms with Gasteiger partial charge in [-0.25, -0.2) is 0 Å². The molecule has 0 spiro atoms. The molecule has 0 heterocycles. The molecule has 0 bridgehead atoms. The zero-order valence-corrected chi connectivity index (χ0v) is 19.0. The van der Waals surface area contributed by atoms with E-state index in [1.165, 1.54) is 51.5 Å². The molecule has 0 rings (SSSR count). The average Bonchev–Trinajstić information content (AvgIpc) is 2.51. The molecule has 0 radical (unpaired) electrons. The van der Waals surface area contributed by atoms with Crippen LogP contribution in [0.15, 0.2) is 0 Å². The maximum atomic E-state index is 4.41. The van der Waals surface area contributed by atoms with E-state index < -0.39 is 0 Å². The van der Waals surface area contributed by atoms with E-state index in [4.69, 9.17) is 0 Å². The molecule has 2 unspecified atom stereocenters. The first-order chi connectivity index (χ1) is 11.2. The lowest BCUT2D eigenvalue weighted by Crippen LogP contribution is -2.46. The van der Waals surface area contributed by atoms with Gasteiger partial charge in [0, 0.05) is 12.1 Å². The molecule has 0 amide bonds. The topological polar surface area (TPSA) is 3.24 Å². The number of thiol groups is 1. The predicted molar refractivity (Wildman–Crippen MR) is 115 cm³/mol. The molecule has 1 nitrogen and oxygen atoms in total. The smallest absolute Gasteiger partial charge is 0.0101 e. The van der Waals surface area contributed by atoms with Gasteiger partial charge >= 0.3 is 0 Å². The van der Waals surface area contributed by atoms with Gasteiger partial charge in [0.25, 0.3) is 0 Å². The summed E-state index contributed by atoms with van der Waals surface area (Å²) < 4.78 is 0. The van der Waals surface area contributed by atoms with Gasteiger partial charge in [0.05, 0.1) is 0 Å². The Morgan fingerprint density at radius 3 is 1.96 bits per heavy atom. The molecule has 24 heavy (non-hydrogen) atoms. The lowest BCUT2D eigenvalue weighted by atomic mass is 9.84. The van der Waals surface area contributed by atoms with Crippen LogP contribution in [0.2, 0.25) is 0 Å². The van der Waals surface area contributed by atoms with Gasteiger partial charge in [-0.05, 0) is 68.6 Å². The molecule has 2 heteroatoms. The van der Waals surface area contributed by atoms with Gasteiger partial charge in [-0.2, -0.15) is 12.6 Å². The lowest BCUT2D eigenvalue weighted by molar-refractivity contribution is 0.0791. The van der Waals surface area contributed by atoms with Crippen LogP contribution in [0.1, 0.15) is 100 Å². The third-order valence-electron chi connectivity index (χ3n) is 5.77. The van der Waals surface area contributed by atoms with Crippen molar-refractivity contribution in [2.75, 3.05) is 12.3 Å². The van der Waals surface area contributed by atoms with Gasteiger partial charge in [-0.3, -0.25) is 4.90 Å². The molecule has 0 aliphatic carbocycles. The molecule has 0 aromatic carbocycles. The minimum Gasteiger partial charge on any atom is -0.297 e. The fourth-order valence-electron chi connectivity index (χ4n) is 3.53. The molecule has 0 aliphatic rings. The molecular weight excluding hydrogens is 310 g/mol. The maximum absolute atomic E-state index is 4.41. The fourth-order valence-corrected chi connectivity index (χ4v) is 3.76. The van der Waals surface area contributed by atoms with E-state index in [0.717, 1.165) is 23.6 Å². The normalized spacial score (nSPS) is 15.5. The SMILES string of the molecule is CCC(CC)CC(CCC(C)(C)C)N(CCCCS)C(C)C(C)C. The van der Waals surface area contributed by atoms with Crippen LogP contribution in [0.5, 0.6) is 0 Å². The van der Waals surface area contributed by atoms with Gasteiger partial charge in [0.1, 0.15) is 0 Å². The van der Waals surface area contributed by atoms with Gasteiger partial charge in [-0.15, -0.1) is 0 Å². The molecule has 146 valence electrons. The van der Waals surface area contributed by atoms with E-state index in [-0.39, 0.29) is 0 Å². The van der Waals surface area contributed by atoms with E-state index in [1.54, 1.807) is 0 Å². The summed E-state index contributed by atoms with van der Waals surface area (Å²) in [4.78, 5) is 2.86. The van der Waals surface area contributed by atoms with Crippen molar-refractivity contribution in [2.45, 2.75) is 112 Å². The first kappa shape index (κ1) is 24.3. The lowest BCUT2D eigenvalue weighted by Gasteiger charge is -2.41. The van der Waals surface area contributed by atoms with Crippen molar-refractivity contribution < 1.29 is 0 Å². The fraction of sp³-hybridized carbons (Fsp3) is 1.00. The van der Waals surface area contributed by atoms with Gasteiger partial charge in [-0.1, -0.05) is 61.3 Å². The van der Waals surface area contributed by atoms with Crippen molar-refractivity contribution in [3.8, 4) is 0 Å². The third-order valence-corrected chi connectivity index (χ3v) is 6.09. The molecule has 0 saturated carbocycles. The largest absolute Gasteiger partial charge is 0.297 e. The zero-order valence-electron chi connectivity index (χ0n) is 18.1. The Kier molecular flexibility index (Phi) is 12.8. The number of hydrogen-bond acceptors (Lipinski definition) is 2. The zero-order chi connectivity index (χ0) is 18.8. The second kappa shape index (κ2) is 12.6. The van der Waals surface area contributed by atoms with E-state index in [1.807, 2.05) is 0 Å². The summed E-state index contributed by atoms with van der Waals surface area (Å²) in [5.41, 5.74) is 0.435. The molecule has 0 saturated heterocycles. The number of rotatable bonds is 13. The second-order valence-electron chi connectivity index (χ2n) is 9.32. The van der Waals surface area contributed by atoms with E-state index in [0.29, 0.717) is 11.5 Å². The number of nitrogens with zero attached hydrogens (tertiary/aromatic N) is 1. The van der Waals surface area contributed by atoms with Crippen LogP contribution in [0, 0.1) is 17.3 Å². The number of hydrogen-bond donors (Lipinski definition) is 1. The Morgan fingerprint density at radius 2 is 1.54 bits per heavy atom. The summed E-state index contributed by atoms with van der Waals surface area (Å²) in [6.07, 6.45) is 9.22. The molecular formula is C22H47NS. The molecule has 0 aromatic rings. The Morgan fingerprint density at radius 1 is 0.958 bits per heavy atom. The summed E-state index contributed by atoms with van der Waals surface area (Å²) in [6.45, 7) is 20.4. The van der Waals surface area contributed by atoms with Crippen molar-refractivity contribution in [3.63, 3.8) is 0 Å². The van der Waals surface area contributed by atoms with Crippen LogP contribution in [-0.4, -0.2) is 29.3 Å². The quantitative estimate of drug-likeness (QED) is 0.272. The molecule has 0 N–H and O–H groups in total. The highest BCUT2D eigenvalue weighted by Gasteiger charge is 2.28. The highest BCUT2D eigenvalue weighted by molar-refractivity contribution is 7.80. The first-order valence-electron chi connectivity index (χ1n) is 10.5.